The maximum Gasteiger partial charge on any atom is 0.281 e. The van der Waals surface area contributed by atoms with Crippen molar-refractivity contribution in [1.29, 1.82) is 0 Å². The average Bonchev–Trinajstić information content (AvgIpc) is 2.88. The van der Waals surface area contributed by atoms with E-state index >= 15 is 0 Å². The summed E-state index contributed by atoms with van der Waals surface area (Å²) in [6.45, 7) is 0.590. The molecule has 0 N–H and O–H groups in total. The van der Waals surface area contributed by atoms with Crippen molar-refractivity contribution in [3.63, 3.8) is 0 Å². The average molecular weight is 464 g/mol. The molecule has 3 aliphatic rings. The van der Waals surface area contributed by atoms with Crippen LogP contribution in [-0.2, 0) is 17.1 Å². The van der Waals surface area contributed by atoms with Crippen molar-refractivity contribution in [2.24, 2.45) is 17.8 Å². The molecule has 1 nitrogen and oxygen atoms in total. The van der Waals surface area contributed by atoms with E-state index in [1.165, 1.54) is 31.7 Å². The molecule has 0 amide bonds. The molecular formula is C20H24F3IO. The number of ether oxygens (including phenoxy) is 1. The zero-order chi connectivity index (χ0) is 17.6. The number of rotatable bonds is 2. The lowest BCUT2D eigenvalue weighted by molar-refractivity contribution is -0.144. The first-order valence-corrected chi connectivity index (χ1v) is 10.6. The van der Waals surface area contributed by atoms with Crippen LogP contribution in [0.15, 0.2) is 18.2 Å². The summed E-state index contributed by atoms with van der Waals surface area (Å²) in [7, 11) is 0. The van der Waals surface area contributed by atoms with Crippen LogP contribution < -0.4 is 0 Å². The second-order valence-corrected chi connectivity index (χ2v) is 9.69. The maximum atomic E-state index is 14.8. The Kier molecular flexibility index (Phi) is 5.08. The van der Waals surface area contributed by atoms with Crippen molar-refractivity contribution in [1.82, 2.24) is 0 Å². The van der Waals surface area contributed by atoms with Crippen LogP contribution in [0.5, 0.6) is 0 Å². The summed E-state index contributed by atoms with van der Waals surface area (Å²) in [5.74, 6) is -3.64. The highest BCUT2D eigenvalue weighted by Crippen LogP contribution is 2.51. The molecule has 0 radical (unpaired) electrons. The number of alkyl halides is 3. The Morgan fingerprint density at radius 3 is 2.36 bits per heavy atom. The topological polar surface area (TPSA) is 9.23 Å². The molecule has 1 aliphatic heterocycles. The van der Waals surface area contributed by atoms with Gasteiger partial charge >= 0.3 is 0 Å². The molecule has 1 aromatic rings. The maximum absolute atomic E-state index is 14.8. The minimum Gasteiger partial charge on any atom is -0.377 e. The van der Waals surface area contributed by atoms with E-state index in [1.54, 1.807) is 6.07 Å². The third-order valence-electron chi connectivity index (χ3n) is 6.50. The fraction of sp³-hybridized carbons (Fsp3) is 0.700. The van der Waals surface area contributed by atoms with Crippen molar-refractivity contribution in [2.45, 2.75) is 60.9 Å². The molecule has 1 aromatic carbocycles. The lowest BCUT2D eigenvalue weighted by Gasteiger charge is -2.39. The zero-order valence-electron chi connectivity index (χ0n) is 14.2. The van der Waals surface area contributed by atoms with Crippen LogP contribution in [0.1, 0.15) is 49.7 Å². The predicted molar refractivity (Wildman–Crippen MR) is 99.7 cm³/mol. The molecule has 25 heavy (non-hydrogen) atoms. The fourth-order valence-electron chi connectivity index (χ4n) is 5.06. The summed E-state index contributed by atoms with van der Waals surface area (Å²) in [4.78, 5) is 0. The van der Waals surface area contributed by atoms with Crippen molar-refractivity contribution < 1.29 is 17.9 Å². The first-order chi connectivity index (χ1) is 12.0. The number of hydrogen-bond acceptors (Lipinski definition) is 1. The van der Waals surface area contributed by atoms with Gasteiger partial charge in [0.2, 0.25) is 0 Å². The second kappa shape index (κ2) is 7.02. The van der Waals surface area contributed by atoms with Crippen molar-refractivity contribution in [3.05, 3.63) is 35.1 Å². The summed E-state index contributed by atoms with van der Waals surface area (Å²) < 4.78 is 50.3. The van der Waals surface area contributed by atoms with E-state index < -0.39 is 29.3 Å². The van der Waals surface area contributed by atoms with Gasteiger partial charge in [-0.3, -0.25) is 0 Å². The molecule has 5 heteroatoms. The Morgan fingerprint density at radius 1 is 1.00 bits per heavy atom. The summed E-state index contributed by atoms with van der Waals surface area (Å²) in [5.41, 5.74) is 0.0483. The molecule has 3 unspecified atom stereocenters. The molecule has 3 atom stereocenters. The lowest BCUT2D eigenvalue weighted by atomic mass is 9.76. The smallest absolute Gasteiger partial charge is 0.281 e. The normalized spacial score (nSPS) is 37.7. The van der Waals surface area contributed by atoms with E-state index in [-0.39, 0.29) is 6.42 Å². The molecule has 1 saturated carbocycles. The number of fused-ring (bicyclic) bond motifs is 1. The van der Waals surface area contributed by atoms with E-state index in [0.717, 1.165) is 16.4 Å². The van der Waals surface area contributed by atoms with Crippen LogP contribution in [0.3, 0.4) is 0 Å². The number of halogens is 4. The first-order valence-electron chi connectivity index (χ1n) is 9.38. The Bertz CT molecular complexity index is 619. The third-order valence-corrected chi connectivity index (χ3v) is 7.75. The van der Waals surface area contributed by atoms with Crippen LogP contribution in [0, 0.1) is 23.6 Å². The van der Waals surface area contributed by atoms with Crippen molar-refractivity contribution in [2.75, 3.05) is 6.61 Å². The third kappa shape index (κ3) is 3.35. The highest BCUT2D eigenvalue weighted by Gasteiger charge is 2.54. The zero-order valence-corrected chi connectivity index (χ0v) is 16.4. The summed E-state index contributed by atoms with van der Waals surface area (Å²) >= 11 is 2.53. The highest BCUT2D eigenvalue weighted by molar-refractivity contribution is 14.1. The first kappa shape index (κ1) is 18.1. The largest absolute Gasteiger partial charge is 0.377 e. The van der Waals surface area contributed by atoms with Gasteiger partial charge < -0.3 is 4.74 Å². The van der Waals surface area contributed by atoms with Crippen LogP contribution in [-0.4, -0.2) is 16.6 Å². The van der Waals surface area contributed by atoms with Crippen LogP contribution in [0.4, 0.5) is 13.2 Å². The molecule has 0 aromatic heterocycles. The van der Waals surface area contributed by atoms with E-state index in [2.05, 4.69) is 22.6 Å². The van der Waals surface area contributed by atoms with Crippen molar-refractivity contribution >= 4 is 22.6 Å². The number of hydrogen-bond donors (Lipinski definition) is 0. The summed E-state index contributed by atoms with van der Waals surface area (Å²) in [5, 5.41) is 0. The van der Waals surface area contributed by atoms with Crippen molar-refractivity contribution in [3.8, 4) is 0 Å². The number of benzene rings is 1. The quantitative estimate of drug-likeness (QED) is 0.393. The molecular weight excluding hydrogens is 440 g/mol. The van der Waals surface area contributed by atoms with Crippen LogP contribution >= 0.6 is 22.6 Å². The van der Waals surface area contributed by atoms with Gasteiger partial charge in [0.15, 0.2) is 0 Å². The van der Waals surface area contributed by atoms with Gasteiger partial charge in [0, 0.05) is 3.92 Å². The summed E-state index contributed by atoms with van der Waals surface area (Å²) in [6.07, 6.45) is 6.40. The van der Waals surface area contributed by atoms with Gasteiger partial charge in [0.1, 0.15) is 5.82 Å². The molecule has 2 aliphatic carbocycles. The SMILES string of the molecule is Fc1cccc2c1C(F)(F)C(C1CCC(C3CCC(I)CC3)CO1)C2. The van der Waals surface area contributed by atoms with Gasteiger partial charge in [-0.2, -0.15) is 0 Å². The molecule has 0 spiro atoms. The highest BCUT2D eigenvalue weighted by atomic mass is 127. The van der Waals surface area contributed by atoms with E-state index in [1.807, 2.05) is 0 Å². The minimum atomic E-state index is -3.13. The fourth-order valence-corrected chi connectivity index (χ4v) is 5.78. The predicted octanol–water partition coefficient (Wildman–Crippen LogP) is 5.88. The molecule has 2 fully saturated rings. The molecule has 138 valence electrons. The van der Waals surface area contributed by atoms with E-state index in [0.29, 0.717) is 30.4 Å². The van der Waals surface area contributed by atoms with Gasteiger partial charge in [-0.05, 0) is 68.4 Å². The Labute approximate surface area is 160 Å². The van der Waals surface area contributed by atoms with Crippen LogP contribution in [0.2, 0.25) is 0 Å². The van der Waals surface area contributed by atoms with E-state index in [4.69, 9.17) is 4.74 Å². The van der Waals surface area contributed by atoms with Gasteiger partial charge in [-0.25, -0.2) is 13.2 Å². The minimum absolute atomic E-state index is 0.218. The van der Waals surface area contributed by atoms with E-state index in [9.17, 15) is 13.2 Å². The molecule has 1 saturated heterocycles. The van der Waals surface area contributed by atoms with Crippen LogP contribution in [0.25, 0.3) is 0 Å². The Balaban J connectivity index is 1.41. The summed E-state index contributed by atoms with van der Waals surface area (Å²) in [6, 6.07) is 4.28. The second-order valence-electron chi connectivity index (χ2n) is 7.93. The molecule has 0 bridgehead atoms. The van der Waals surface area contributed by atoms with Gasteiger partial charge in [-0.15, -0.1) is 0 Å². The molecule has 1 heterocycles. The van der Waals surface area contributed by atoms with Gasteiger partial charge in [0.25, 0.3) is 5.92 Å². The molecule has 4 rings (SSSR count). The monoisotopic (exact) mass is 464 g/mol. The Hall–Kier alpha value is -0.300. The standard InChI is InChI=1S/C20H24F3IO/c21-17-3-1-2-13-10-16(20(22,23)19(13)17)18-9-6-14(11-25-18)12-4-7-15(24)8-5-12/h1-3,12,14-16,18H,4-11H2. The van der Waals surface area contributed by atoms with Gasteiger partial charge in [-0.1, -0.05) is 34.7 Å². The Morgan fingerprint density at radius 2 is 1.72 bits per heavy atom. The lowest BCUT2D eigenvalue weighted by Crippen LogP contribution is -2.40. The van der Waals surface area contributed by atoms with Gasteiger partial charge in [0.05, 0.1) is 24.2 Å².